The van der Waals surface area contributed by atoms with Gasteiger partial charge in [-0.2, -0.15) is 0 Å². The van der Waals surface area contributed by atoms with E-state index in [0.29, 0.717) is 47.5 Å². The van der Waals surface area contributed by atoms with Crippen LogP contribution in [0.3, 0.4) is 0 Å². The molecular weight excluding hydrogens is 292 g/mol. The van der Waals surface area contributed by atoms with Crippen molar-refractivity contribution in [2.45, 2.75) is 37.5 Å². The topological polar surface area (TPSA) is 55.8 Å². The van der Waals surface area contributed by atoms with E-state index in [9.17, 15) is 9.90 Å². The molecule has 114 valence electrons. The summed E-state index contributed by atoms with van der Waals surface area (Å²) < 4.78 is 11.3. The maximum atomic E-state index is 11.8. The summed E-state index contributed by atoms with van der Waals surface area (Å²) in [5.41, 5.74) is -0.340. The van der Waals surface area contributed by atoms with Crippen LogP contribution in [0.1, 0.15) is 37.7 Å². The van der Waals surface area contributed by atoms with E-state index in [0.717, 1.165) is 6.42 Å². The lowest BCUT2D eigenvalue weighted by Crippen LogP contribution is -2.43. The minimum Gasteiger partial charge on any atom is -0.493 e. The zero-order valence-corrected chi connectivity index (χ0v) is 12.8. The number of carboxylic acids is 1. The quantitative estimate of drug-likeness (QED) is 0.871. The predicted octanol–water partition coefficient (Wildman–Crippen LogP) is 3.64. The van der Waals surface area contributed by atoms with Crippen molar-refractivity contribution in [3.63, 3.8) is 0 Å². The number of carbonyl (C=O) groups is 1. The zero-order valence-electron chi connectivity index (χ0n) is 12.0. The summed E-state index contributed by atoms with van der Waals surface area (Å²) in [6.45, 7) is 0.597. The fraction of sp³-hybridized carbons (Fsp3) is 0.562. The normalized spacial score (nSPS) is 19.7. The summed E-state index contributed by atoms with van der Waals surface area (Å²) in [6, 6.07) is 3.44. The van der Waals surface area contributed by atoms with Crippen LogP contribution < -0.4 is 9.47 Å². The smallest absolute Gasteiger partial charge is 0.314 e. The Kier molecular flexibility index (Phi) is 3.74. The van der Waals surface area contributed by atoms with Crippen molar-refractivity contribution in [1.29, 1.82) is 0 Å². The molecule has 2 aliphatic carbocycles. The second kappa shape index (κ2) is 5.41. The van der Waals surface area contributed by atoms with Crippen LogP contribution in [0.5, 0.6) is 11.5 Å². The van der Waals surface area contributed by atoms with Gasteiger partial charge in [-0.05, 0) is 43.7 Å². The summed E-state index contributed by atoms with van der Waals surface area (Å²) in [4.78, 5) is 11.8. The Balaban J connectivity index is 2.05. The number of carboxylic acid groups (broad SMARTS) is 1. The first-order valence-electron chi connectivity index (χ1n) is 7.31. The summed E-state index contributed by atoms with van der Waals surface area (Å²) >= 11 is 6.33. The van der Waals surface area contributed by atoms with Gasteiger partial charge in [0.25, 0.3) is 0 Å². The van der Waals surface area contributed by atoms with Gasteiger partial charge < -0.3 is 14.6 Å². The van der Waals surface area contributed by atoms with Gasteiger partial charge in [0.15, 0.2) is 11.5 Å². The van der Waals surface area contributed by atoms with Gasteiger partial charge in [-0.3, -0.25) is 4.79 Å². The van der Waals surface area contributed by atoms with Crippen molar-refractivity contribution >= 4 is 17.6 Å². The van der Waals surface area contributed by atoms with E-state index in [4.69, 9.17) is 21.1 Å². The lowest BCUT2D eigenvalue weighted by molar-refractivity contribution is -0.147. The number of methoxy groups -OCH3 is 1. The van der Waals surface area contributed by atoms with Gasteiger partial charge in [-0.1, -0.05) is 18.0 Å². The van der Waals surface area contributed by atoms with E-state index < -0.39 is 11.4 Å². The maximum Gasteiger partial charge on any atom is 0.314 e. The van der Waals surface area contributed by atoms with Crippen LogP contribution in [0.25, 0.3) is 0 Å². The van der Waals surface area contributed by atoms with Crippen molar-refractivity contribution in [2.24, 2.45) is 5.92 Å². The standard InChI is InChI=1S/C16H19ClO4/c1-20-12-6-5-11(17)13(14(12)21-9-10-3-4-10)16(15(18)19)7-2-8-16/h5-6,10H,2-4,7-9H2,1H3,(H,18,19). The van der Waals surface area contributed by atoms with E-state index in [1.165, 1.54) is 12.8 Å². The maximum absolute atomic E-state index is 11.8. The van der Waals surface area contributed by atoms with Crippen LogP contribution in [0, 0.1) is 5.92 Å². The SMILES string of the molecule is COc1ccc(Cl)c(C2(C(=O)O)CCC2)c1OCC1CC1. The molecule has 3 rings (SSSR count). The third-order valence-electron chi connectivity index (χ3n) is 4.55. The molecule has 1 aromatic rings. The average Bonchev–Trinajstić information content (AvgIpc) is 3.21. The van der Waals surface area contributed by atoms with Gasteiger partial charge >= 0.3 is 5.97 Å². The summed E-state index contributed by atoms with van der Waals surface area (Å²) in [7, 11) is 1.56. The predicted molar refractivity (Wildman–Crippen MR) is 79.4 cm³/mol. The molecule has 4 nitrogen and oxygen atoms in total. The molecule has 0 spiro atoms. The molecule has 0 heterocycles. The summed E-state index contributed by atoms with van der Waals surface area (Å²) in [6.07, 6.45) is 4.41. The second-order valence-corrected chi connectivity index (χ2v) is 6.36. The highest BCUT2D eigenvalue weighted by Crippen LogP contribution is 2.52. The molecule has 2 fully saturated rings. The molecule has 0 amide bonds. The van der Waals surface area contributed by atoms with Crippen LogP contribution in [0.15, 0.2) is 12.1 Å². The highest BCUT2D eigenvalue weighted by Gasteiger charge is 2.49. The van der Waals surface area contributed by atoms with Gasteiger partial charge in [-0.15, -0.1) is 0 Å². The van der Waals surface area contributed by atoms with E-state index in [1.807, 2.05) is 0 Å². The molecule has 2 aliphatic rings. The van der Waals surface area contributed by atoms with Crippen molar-refractivity contribution in [3.05, 3.63) is 22.7 Å². The first kappa shape index (κ1) is 14.5. The number of hydrogen-bond acceptors (Lipinski definition) is 3. The monoisotopic (exact) mass is 310 g/mol. The number of hydrogen-bond donors (Lipinski definition) is 1. The molecule has 5 heteroatoms. The Hall–Kier alpha value is -1.42. The highest BCUT2D eigenvalue weighted by molar-refractivity contribution is 6.32. The average molecular weight is 311 g/mol. The fourth-order valence-electron chi connectivity index (χ4n) is 2.88. The minimum atomic E-state index is -0.926. The number of rotatable bonds is 6. The molecule has 0 saturated heterocycles. The highest BCUT2D eigenvalue weighted by atomic mass is 35.5. The second-order valence-electron chi connectivity index (χ2n) is 5.95. The van der Waals surface area contributed by atoms with Gasteiger partial charge in [0.2, 0.25) is 0 Å². The Bertz CT molecular complexity index is 562. The Morgan fingerprint density at radius 1 is 1.43 bits per heavy atom. The molecule has 0 unspecified atom stereocenters. The number of ether oxygens (including phenoxy) is 2. The largest absolute Gasteiger partial charge is 0.493 e. The molecule has 21 heavy (non-hydrogen) atoms. The van der Waals surface area contributed by atoms with Crippen molar-refractivity contribution < 1.29 is 19.4 Å². The van der Waals surface area contributed by atoms with Crippen LogP contribution in [-0.4, -0.2) is 24.8 Å². The lowest BCUT2D eigenvalue weighted by Gasteiger charge is -2.39. The van der Waals surface area contributed by atoms with Crippen LogP contribution >= 0.6 is 11.6 Å². The number of benzene rings is 1. The number of aliphatic carboxylic acids is 1. The third kappa shape index (κ3) is 2.46. The Labute approximate surface area is 129 Å². The zero-order chi connectivity index (χ0) is 15.0. The fourth-order valence-corrected chi connectivity index (χ4v) is 3.21. The summed E-state index contributed by atoms with van der Waals surface area (Å²) in [5, 5.41) is 10.1. The third-order valence-corrected chi connectivity index (χ3v) is 4.86. The molecule has 1 N–H and O–H groups in total. The molecular formula is C16H19ClO4. The minimum absolute atomic E-state index is 0.448. The Morgan fingerprint density at radius 3 is 2.62 bits per heavy atom. The van der Waals surface area contributed by atoms with Crippen molar-refractivity contribution in [2.75, 3.05) is 13.7 Å². The van der Waals surface area contributed by atoms with E-state index >= 15 is 0 Å². The molecule has 0 aromatic heterocycles. The molecule has 2 saturated carbocycles. The molecule has 0 atom stereocenters. The molecule has 0 radical (unpaired) electrons. The van der Waals surface area contributed by atoms with Gasteiger partial charge in [0.1, 0.15) is 0 Å². The summed E-state index contributed by atoms with van der Waals surface area (Å²) in [5.74, 6) is 0.811. The van der Waals surface area contributed by atoms with E-state index in [1.54, 1.807) is 19.2 Å². The first-order chi connectivity index (χ1) is 10.1. The lowest BCUT2D eigenvalue weighted by atomic mass is 9.64. The van der Waals surface area contributed by atoms with Gasteiger partial charge in [-0.25, -0.2) is 0 Å². The van der Waals surface area contributed by atoms with Crippen LogP contribution in [0.2, 0.25) is 5.02 Å². The molecule has 0 bridgehead atoms. The van der Waals surface area contributed by atoms with E-state index in [-0.39, 0.29) is 0 Å². The number of halogens is 1. The van der Waals surface area contributed by atoms with Crippen molar-refractivity contribution in [1.82, 2.24) is 0 Å². The van der Waals surface area contributed by atoms with Gasteiger partial charge in [0, 0.05) is 10.6 Å². The van der Waals surface area contributed by atoms with Crippen LogP contribution in [0.4, 0.5) is 0 Å². The Morgan fingerprint density at radius 2 is 2.14 bits per heavy atom. The first-order valence-corrected chi connectivity index (χ1v) is 7.69. The molecule has 1 aromatic carbocycles. The van der Waals surface area contributed by atoms with Gasteiger partial charge in [0.05, 0.1) is 19.1 Å². The van der Waals surface area contributed by atoms with E-state index in [2.05, 4.69) is 0 Å². The molecule has 0 aliphatic heterocycles. The van der Waals surface area contributed by atoms with Crippen molar-refractivity contribution in [3.8, 4) is 11.5 Å². The van der Waals surface area contributed by atoms with Crippen LogP contribution in [-0.2, 0) is 10.2 Å².